The molecule has 0 spiro atoms. The van der Waals surface area contributed by atoms with Gasteiger partial charge in [0.2, 0.25) is 5.91 Å². The van der Waals surface area contributed by atoms with Gasteiger partial charge in [0.1, 0.15) is 11.8 Å². The molecule has 20 heavy (non-hydrogen) atoms. The third-order valence-electron chi connectivity index (χ3n) is 3.62. The predicted octanol–water partition coefficient (Wildman–Crippen LogP) is -0.119. The molecule has 1 aromatic rings. The zero-order valence-corrected chi connectivity index (χ0v) is 11.6. The molecule has 1 saturated heterocycles. The number of amides is 1. The molecular formula is C14H21N3O3. The Morgan fingerprint density at radius 1 is 1.50 bits per heavy atom. The van der Waals surface area contributed by atoms with Crippen molar-refractivity contribution in [2.45, 2.75) is 12.1 Å². The maximum atomic E-state index is 11.6. The van der Waals surface area contributed by atoms with Gasteiger partial charge in [-0.05, 0) is 17.7 Å². The number of benzene rings is 1. The summed E-state index contributed by atoms with van der Waals surface area (Å²) >= 11 is 0. The lowest BCUT2D eigenvalue weighted by molar-refractivity contribution is -0.131. The van der Waals surface area contributed by atoms with Gasteiger partial charge >= 0.3 is 0 Å². The van der Waals surface area contributed by atoms with Gasteiger partial charge in [0.15, 0.2) is 0 Å². The van der Waals surface area contributed by atoms with E-state index in [0.29, 0.717) is 26.3 Å². The van der Waals surface area contributed by atoms with Crippen molar-refractivity contribution < 1.29 is 14.3 Å². The van der Waals surface area contributed by atoms with Crippen LogP contribution in [0.3, 0.4) is 0 Å². The van der Waals surface area contributed by atoms with Gasteiger partial charge < -0.3 is 20.9 Å². The molecule has 2 atom stereocenters. The highest BCUT2D eigenvalue weighted by molar-refractivity contribution is 5.80. The standard InChI is InChI=1S/C14H21N3O3/c1-19-11-4-2-10(3-5-11)12(8-15)17-6-7-20-9-13(17)14(16)18/h2-5,12-13H,6-9,15H2,1H3,(H2,16,18). The molecule has 0 bridgehead atoms. The minimum absolute atomic E-state index is 0.0534. The summed E-state index contributed by atoms with van der Waals surface area (Å²) in [5.41, 5.74) is 12.4. The lowest BCUT2D eigenvalue weighted by atomic mass is 10.0. The Labute approximate surface area is 118 Å². The average Bonchev–Trinajstić information content (AvgIpc) is 2.49. The number of rotatable bonds is 5. The van der Waals surface area contributed by atoms with Crippen molar-refractivity contribution in [2.75, 3.05) is 33.4 Å². The number of morpholine rings is 1. The molecule has 1 heterocycles. The van der Waals surface area contributed by atoms with E-state index in [0.717, 1.165) is 11.3 Å². The van der Waals surface area contributed by atoms with Gasteiger partial charge in [0, 0.05) is 19.1 Å². The number of hydrogen-bond donors (Lipinski definition) is 2. The van der Waals surface area contributed by atoms with E-state index in [1.54, 1.807) is 7.11 Å². The summed E-state index contributed by atoms with van der Waals surface area (Å²) in [4.78, 5) is 13.6. The van der Waals surface area contributed by atoms with E-state index in [9.17, 15) is 4.79 Å². The van der Waals surface area contributed by atoms with E-state index in [1.165, 1.54) is 0 Å². The van der Waals surface area contributed by atoms with Crippen molar-refractivity contribution in [2.24, 2.45) is 11.5 Å². The molecule has 1 aromatic carbocycles. The number of ether oxygens (including phenoxy) is 2. The topological polar surface area (TPSA) is 90.8 Å². The maximum absolute atomic E-state index is 11.6. The lowest BCUT2D eigenvalue weighted by Crippen LogP contribution is -2.54. The highest BCUT2D eigenvalue weighted by Gasteiger charge is 2.33. The van der Waals surface area contributed by atoms with Crippen molar-refractivity contribution >= 4 is 5.91 Å². The molecule has 0 aromatic heterocycles. The van der Waals surface area contributed by atoms with Crippen LogP contribution in [0, 0.1) is 0 Å². The number of primary amides is 1. The fourth-order valence-corrected chi connectivity index (χ4v) is 2.52. The highest BCUT2D eigenvalue weighted by Crippen LogP contribution is 2.25. The smallest absolute Gasteiger partial charge is 0.237 e. The van der Waals surface area contributed by atoms with E-state index >= 15 is 0 Å². The van der Waals surface area contributed by atoms with E-state index in [2.05, 4.69) is 0 Å². The van der Waals surface area contributed by atoms with Crippen LogP contribution >= 0.6 is 0 Å². The van der Waals surface area contributed by atoms with Gasteiger partial charge in [-0.15, -0.1) is 0 Å². The molecule has 1 aliphatic heterocycles. The molecule has 2 rings (SSSR count). The van der Waals surface area contributed by atoms with Crippen LogP contribution in [-0.4, -0.2) is 50.3 Å². The zero-order valence-electron chi connectivity index (χ0n) is 11.6. The number of carbonyl (C=O) groups excluding carboxylic acids is 1. The second-order valence-electron chi connectivity index (χ2n) is 4.76. The number of methoxy groups -OCH3 is 1. The Hall–Kier alpha value is -1.63. The molecule has 0 aliphatic carbocycles. The largest absolute Gasteiger partial charge is 0.497 e. The minimum Gasteiger partial charge on any atom is -0.497 e. The summed E-state index contributed by atoms with van der Waals surface area (Å²) in [5, 5.41) is 0. The molecular weight excluding hydrogens is 258 g/mol. The minimum atomic E-state index is -0.431. The Balaban J connectivity index is 2.22. The number of nitrogens with two attached hydrogens (primary N) is 2. The zero-order chi connectivity index (χ0) is 14.5. The number of carbonyl (C=O) groups is 1. The normalized spacial score (nSPS) is 21.4. The SMILES string of the molecule is COc1ccc(C(CN)N2CCOCC2C(N)=O)cc1. The first-order valence-corrected chi connectivity index (χ1v) is 6.64. The maximum Gasteiger partial charge on any atom is 0.237 e. The highest BCUT2D eigenvalue weighted by atomic mass is 16.5. The second-order valence-corrected chi connectivity index (χ2v) is 4.76. The van der Waals surface area contributed by atoms with Crippen LogP contribution < -0.4 is 16.2 Å². The average molecular weight is 279 g/mol. The van der Waals surface area contributed by atoms with Crippen LogP contribution in [0.15, 0.2) is 24.3 Å². The lowest BCUT2D eigenvalue weighted by Gasteiger charge is -2.39. The van der Waals surface area contributed by atoms with E-state index in [-0.39, 0.29) is 11.9 Å². The summed E-state index contributed by atoms with van der Waals surface area (Å²) < 4.78 is 10.5. The summed E-state index contributed by atoms with van der Waals surface area (Å²) in [5.74, 6) is 0.412. The van der Waals surface area contributed by atoms with Crippen molar-refractivity contribution in [1.82, 2.24) is 4.90 Å². The summed E-state index contributed by atoms with van der Waals surface area (Å²) in [6, 6.07) is 7.21. The molecule has 1 amide bonds. The van der Waals surface area contributed by atoms with Gasteiger partial charge in [-0.1, -0.05) is 12.1 Å². The van der Waals surface area contributed by atoms with Crippen molar-refractivity contribution in [1.29, 1.82) is 0 Å². The third-order valence-corrected chi connectivity index (χ3v) is 3.62. The van der Waals surface area contributed by atoms with Crippen molar-refractivity contribution in [3.63, 3.8) is 0 Å². The molecule has 2 unspecified atom stereocenters. The van der Waals surface area contributed by atoms with Gasteiger partial charge in [0.25, 0.3) is 0 Å². The van der Waals surface area contributed by atoms with Gasteiger partial charge in [-0.25, -0.2) is 0 Å². The quantitative estimate of drug-likeness (QED) is 0.784. The first-order chi connectivity index (χ1) is 9.67. The van der Waals surface area contributed by atoms with Crippen LogP contribution in [0.1, 0.15) is 11.6 Å². The second kappa shape index (κ2) is 6.69. The van der Waals surface area contributed by atoms with E-state index in [4.69, 9.17) is 20.9 Å². The van der Waals surface area contributed by atoms with Gasteiger partial charge in [0.05, 0.1) is 20.3 Å². The first kappa shape index (κ1) is 14.8. The molecule has 0 saturated carbocycles. The fraction of sp³-hybridized carbons (Fsp3) is 0.500. The monoisotopic (exact) mass is 279 g/mol. The Kier molecular flexibility index (Phi) is 4.94. The summed E-state index contributed by atoms with van der Waals surface area (Å²) in [6.45, 7) is 1.95. The summed E-state index contributed by atoms with van der Waals surface area (Å²) in [7, 11) is 1.63. The number of hydrogen-bond acceptors (Lipinski definition) is 5. The van der Waals surface area contributed by atoms with Crippen molar-refractivity contribution in [3.8, 4) is 5.75 Å². The van der Waals surface area contributed by atoms with Crippen LogP contribution in [0.5, 0.6) is 5.75 Å². The Morgan fingerprint density at radius 2 is 2.20 bits per heavy atom. The number of nitrogens with zero attached hydrogens (tertiary/aromatic N) is 1. The van der Waals surface area contributed by atoms with Crippen LogP contribution in [0.2, 0.25) is 0 Å². The van der Waals surface area contributed by atoms with E-state index in [1.807, 2.05) is 29.2 Å². The first-order valence-electron chi connectivity index (χ1n) is 6.64. The van der Waals surface area contributed by atoms with Crippen LogP contribution in [0.4, 0.5) is 0 Å². The molecule has 1 fully saturated rings. The van der Waals surface area contributed by atoms with Crippen molar-refractivity contribution in [3.05, 3.63) is 29.8 Å². The third kappa shape index (κ3) is 3.09. The van der Waals surface area contributed by atoms with Crippen LogP contribution in [0.25, 0.3) is 0 Å². The predicted molar refractivity (Wildman–Crippen MR) is 75.3 cm³/mol. The Bertz CT molecular complexity index is 449. The van der Waals surface area contributed by atoms with Gasteiger partial charge in [-0.3, -0.25) is 9.69 Å². The molecule has 4 N–H and O–H groups in total. The van der Waals surface area contributed by atoms with E-state index < -0.39 is 6.04 Å². The molecule has 110 valence electrons. The summed E-state index contributed by atoms with van der Waals surface area (Å²) in [6.07, 6.45) is 0. The van der Waals surface area contributed by atoms with Crippen LogP contribution in [-0.2, 0) is 9.53 Å². The Morgan fingerprint density at radius 3 is 2.75 bits per heavy atom. The molecule has 0 radical (unpaired) electrons. The molecule has 1 aliphatic rings. The van der Waals surface area contributed by atoms with Gasteiger partial charge in [-0.2, -0.15) is 0 Å². The molecule has 6 heteroatoms. The fourth-order valence-electron chi connectivity index (χ4n) is 2.52. The molecule has 6 nitrogen and oxygen atoms in total.